The summed E-state index contributed by atoms with van der Waals surface area (Å²) >= 11 is 0. The average molecular weight is 398 g/mol. The van der Waals surface area contributed by atoms with Crippen molar-refractivity contribution in [2.75, 3.05) is 6.61 Å². The third kappa shape index (κ3) is 4.39. The van der Waals surface area contributed by atoms with Crippen LogP contribution in [0.1, 0.15) is 44.0 Å². The highest BCUT2D eigenvalue weighted by Gasteiger charge is 2.21. The van der Waals surface area contributed by atoms with Crippen LogP contribution in [0.15, 0.2) is 24.3 Å². The second-order valence-electron chi connectivity index (χ2n) is 7.35. The number of nitrogens with one attached hydrogen (secondary N) is 1. The predicted molar refractivity (Wildman–Crippen MR) is 111 cm³/mol. The molecule has 1 amide bonds. The standard InChI is InChI=1S/C22H27FN4O2/c1-6-29-22-18(10-11-19(28)24-13(2)3)14(4)20-15(5)26-27(21(20)25-22)17-9-7-8-16(23)12-17/h7-9,12-13H,6,10-11H2,1-5H3,(H,24,28). The molecule has 2 heterocycles. The van der Waals surface area contributed by atoms with Gasteiger partial charge in [0, 0.05) is 23.4 Å². The van der Waals surface area contributed by atoms with E-state index in [1.54, 1.807) is 16.8 Å². The van der Waals surface area contributed by atoms with E-state index in [0.717, 1.165) is 22.2 Å². The van der Waals surface area contributed by atoms with Gasteiger partial charge in [-0.15, -0.1) is 0 Å². The van der Waals surface area contributed by atoms with Crippen molar-refractivity contribution in [1.29, 1.82) is 0 Å². The number of pyridine rings is 1. The van der Waals surface area contributed by atoms with Gasteiger partial charge in [-0.05, 0) is 64.8 Å². The van der Waals surface area contributed by atoms with Crippen LogP contribution in [-0.4, -0.2) is 33.3 Å². The number of rotatable bonds is 7. The Kier molecular flexibility index (Phi) is 6.15. The highest BCUT2D eigenvalue weighted by Crippen LogP contribution is 2.32. The molecule has 0 aliphatic rings. The lowest BCUT2D eigenvalue weighted by atomic mass is 10.0. The van der Waals surface area contributed by atoms with Gasteiger partial charge in [0.15, 0.2) is 5.65 Å². The highest BCUT2D eigenvalue weighted by molar-refractivity contribution is 5.86. The van der Waals surface area contributed by atoms with E-state index < -0.39 is 0 Å². The van der Waals surface area contributed by atoms with Crippen LogP contribution in [-0.2, 0) is 11.2 Å². The van der Waals surface area contributed by atoms with E-state index >= 15 is 0 Å². The molecule has 0 spiro atoms. The van der Waals surface area contributed by atoms with E-state index in [9.17, 15) is 9.18 Å². The third-order valence-corrected chi connectivity index (χ3v) is 4.71. The smallest absolute Gasteiger partial charge is 0.220 e. The first-order valence-corrected chi connectivity index (χ1v) is 9.88. The van der Waals surface area contributed by atoms with E-state index in [1.165, 1.54) is 12.1 Å². The van der Waals surface area contributed by atoms with Crippen LogP contribution in [0.3, 0.4) is 0 Å². The van der Waals surface area contributed by atoms with Crippen LogP contribution in [0.2, 0.25) is 0 Å². The van der Waals surface area contributed by atoms with Crippen LogP contribution >= 0.6 is 0 Å². The third-order valence-electron chi connectivity index (χ3n) is 4.71. The summed E-state index contributed by atoms with van der Waals surface area (Å²) in [6, 6.07) is 6.35. The summed E-state index contributed by atoms with van der Waals surface area (Å²) in [5, 5.41) is 8.40. The van der Waals surface area contributed by atoms with Gasteiger partial charge in [0.1, 0.15) is 5.82 Å². The van der Waals surface area contributed by atoms with Crippen molar-refractivity contribution in [1.82, 2.24) is 20.1 Å². The molecule has 0 unspecified atom stereocenters. The molecule has 0 bridgehead atoms. The fourth-order valence-electron chi connectivity index (χ4n) is 3.50. The van der Waals surface area contributed by atoms with Gasteiger partial charge in [-0.2, -0.15) is 10.1 Å². The SMILES string of the molecule is CCOc1nc2c(c(C)nn2-c2cccc(F)c2)c(C)c1CCC(=O)NC(C)C. The summed E-state index contributed by atoms with van der Waals surface area (Å²) in [6.07, 6.45) is 0.872. The molecule has 6 nitrogen and oxygen atoms in total. The number of ether oxygens (including phenoxy) is 1. The molecular formula is C22H27FN4O2. The largest absolute Gasteiger partial charge is 0.478 e. The number of aryl methyl sites for hydroxylation is 2. The number of carbonyl (C=O) groups is 1. The van der Waals surface area contributed by atoms with Crippen LogP contribution in [0.25, 0.3) is 16.7 Å². The summed E-state index contributed by atoms with van der Waals surface area (Å²) in [5.74, 6) is 0.153. The van der Waals surface area contributed by atoms with Gasteiger partial charge in [0.2, 0.25) is 11.8 Å². The van der Waals surface area contributed by atoms with E-state index in [1.807, 2.05) is 34.6 Å². The predicted octanol–water partition coefficient (Wildman–Crippen LogP) is 4.03. The average Bonchev–Trinajstić information content (AvgIpc) is 2.97. The normalized spacial score (nSPS) is 11.3. The summed E-state index contributed by atoms with van der Waals surface area (Å²) in [7, 11) is 0. The zero-order valence-electron chi connectivity index (χ0n) is 17.5. The van der Waals surface area contributed by atoms with Gasteiger partial charge in [0.25, 0.3) is 0 Å². The van der Waals surface area contributed by atoms with E-state index in [-0.39, 0.29) is 17.8 Å². The Hall–Kier alpha value is -2.96. The molecule has 0 saturated carbocycles. The maximum atomic E-state index is 13.7. The molecule has 0 aliphatic heterocycles. The van der Waals surface area contributed by atoms with Gasteiger partial charge in [-0.25, -0.2) is 9.07 Å². The van der Waals surface area contributed by atoms with Crippen molar-refractivity contribution in [3.05, 3.63) is 46.9 Å². The van der Waals surface area contributed by atoms with Crippen molar-refractivity contribution < 1.29 is 13.9 Å². The minimum absolute atomic E-state index is 0.00544. The summed E-state index contributed by atoms with van der Waals surface area (Å²) in [5.41, 5.74) is 3.90. The van der Waals surface area contributed by atoms with Crippen LogP contribution in [0, 0.1) is 19.7 Å². The number of aromatic nitrogens is 3. The second kappa shape index (κ2) is 8.59. The molecule has 7 heteroatoms. The molecule has 1 aromatic carbocycles. The maximum Gasteiger partial charge on any atom is 0.220 e. The van der Waals surface area contributed by atoms with Gasteiger partial charge in [0.05, 0.1) is 18.0 Å². The van der Waals surface area contributed by atoms with Crippen LogP contribution in [0.4, 0.5) is 4.39 Å². The van der Waals surface area contributed by atoms with Gasteiger partial charge < -0.3 is 10.1 Å². The Morgan fingerprint density at radius 2 is 2.07 bits per heavy atom. The molecule has 0 atom stereocenters. The number of nitrogens with zero attached hydrogens (tertiary/aromatic N) is 3. The Labute approximate surface area is 170 Å². The van der Waals surface area contributed by atoms with Gasteiger partial charge >= 0.3 is 0 Å². The van der Waals surface area contributed by atoms with Crippen molar-refractivity contribution in [2.24, 2.45) is 0 Å². The fourth-order valence-corrected chi connectivity index (χ4v) is 3.50. The van der Waals surface area contributed by atoms with Crippen molar-refractivity contribution in [3.8, 4) is 11.6 Å². The summed E-state index contributed by atoms with van der Waals surface area (Å²) in [4.78, 5) is 16.9. The van der Waals surface area contributed by atoms with Crippen molar-refractivity contribution >= 4 is 16.9 Å². The summed E-state index contributed by atoms with van der Waals surface area (Å²) in [6.45, 7) is 10.1. The van der Waals surface area contributed by atoms with E-state index in [4.69, 9.17) is 9.72 Å². The molecule has 0 aliphatic carbocycles. The molecule has 3 aromatic rings. The van der Waals surface area contributed by atoms with E-state index in [0.29, 0.717) is 36.7 Å². The Bertz CT molecular complexity index is 1040. The minimum Gasteiger partial charge on any atom is -0.478 e. The Morgan fingerprint density at radius 1 is 1.31 bits per heavy atom. The molecule has 154 valence electrons. The first-order valence-electron chi connectivity index (χ1n) is 9.88. The first-order chi connectivity index (χ1) is 13.8. The van der Waals surface area contributed by atoms with Crippen molar-refractivity contribution in [3.63, 3.8) is 0 Å². The number of amides is 1. The lowest BCUT2D eigenvalue weighted by Crippen LogP contribution is -2.30. The lowest BCUT2D eigenvalue weighted by molar-refractivity contribution is -0.121. The number of halogens is 1. The molecule has 29 heavy (non-hydrogen) atoms. The number of fused-ring (bicyclic) bond motifs is 1. The molecular weight excluding hydrogens is 371 g/mol. The number of carbonyl (C=O) groups excluding carboxylic acids is 1. The molecule has 0 saturated heterocycles. The lowest BCUT2D eigenvalue weighted by Gasteiger charge is -2.14. The molecule has 2 aromatic heterocycles. The van der Waals surface area contributed by atoms with Gasteiger partial charge in [-0.1, -0.05) is 6.07 Å². The molecule has 3 rings (SSSR count). The molecule has 0 fully saturated rings. The highest BCUT2D eigenvalue weighted by atomic mass is 19.1. The molecule has 0 radical (unpaired) electrons. The van der Waals surface area contributed by atoms with E-state index in [2.05, 4.69) is 10.4 Å². The zero-order chi connectivity index (χ0) is 21.1. The number of benzene rings is 1. The quantitative estimate of drug-likeness (QED) is 0.652. The zero-order valence-corrected chi connectivity index (χ0v) is 17.5. The topological polar surface area (TPSA) is 69.0 Å². The Balaban J connectivity index is 2.09. The van der Waals surface area contributed by atoms with Crippen LogP contribution in [0.5, 0.6) is 5.88 Å². The minimum atomic E-state index is -0.335. The van der Waals surface area contributed by atoms with Gasteiger partial charge in [-0.3, -0.25) is 4.79 Å². The summed E-state index contributed by atoms with van der Waals surface area (Å²) < 4.78 is 21.2. The van der Waals surface area contributed by atoms with Crippen molar-refractivity contribution in [2.45, 2.75) is 53.5 Å². The molecule has 1 N–H and O–H groups in total. The number of hydrogen-bond acceptors (Lipinski definition) is 4. The maximum absolute atomic E-state index is 13.7. The second-order valence-corrected chi connectivity index (χ2v) is 7.35. The number of hydrogen-bond donors (Lipinski definition) is 1. The first kappa shape index (κ1) is 20.8. The Morgan fingerprint density at radius 3 is 2.72 bits per heavy atom. The fraction of sp³-hybridized carbons (Fsp3) is 0.409. The van der Waals surface area contributed by atoms with Crippen LogP contribution < -0.4 is 10.1 Å². The monoisotopic (exact) mass is 398 g/mol.